The third-order valence-corrected chi connectivity index (χ3v) is 7.19. The summed E-state index contributed by atoms with van der Waals surface area (Å²) in [6.45, 7) is 0. The number of hydrogen-bond donors (Lipinski definition) is 0. The van der Waals surface area contributed by atoms with Crippen molar-refractivity contribution in [1.29, 1.82) is 0 Å². The van der Waals surface area contributed by atoms with E-state index in [9.17, 15) is 0 Å². The van der Waals surface area contributed by atoms with Crippen molar-refractivity contribution in [3.63, 3.8) is 0 Å². The number of nitrogens with zero attached hydrogens (tertiary/aromatic N) is 4. The molecule has 0 spiro atoms. The standard InChI is InChI=1S/C33H21BrN4/c34-25-13-9-12-23(20-25)32-35-31(22-10-3-1-4-11-22)36-33(37-32)24-18-19-30-28(21-24)27-16-7-8-17-29(27)38(30)26-14-5-2-6-15-26/h1-21H. The van der Waals surface area contributed by atoms with Crippen molar-refractivity contribution in [3.05, 3.63) is 132 Å². The fraction of sp³-hybridized carbons (Fsp3) is 0. The van der Waals surface area contributed by atoms with Gasteiger partial charge in [-0.25, -0.2) is 15.0 Å². The smallest absolute Gasteiger partial charge is 0.164 e. The first-order valence-electron chi connectivity index (χ1n) is 12.4. The van der Waals surface area contributed by atoms with E-state index in [1.165, 1.54) is 10.9 Å². The topological polar surface area (TPSA) is 43.6 Å². The van der Waals surface area contributed by atoms with Crippen LogP contribution in [0.15, 0.2) is 132 Å². The quantitative estimate of drug-likeness (QED) is 0.219. The highest BCUT2D eigenvalue weighted by Gasteiger charge is 2.16. The summed E-state index contributed by atoms with van der Waals surface area (Å²) in [6, 6.07) is 43.6. The molecule has 0 bridgehead atoms. The summed E-state index contributed by atoms with van der Waals surface area (Å²) in [4.78, 5) is 14.7. The summed E-state index contributed by atoms with van der Waals surface area (Å²) in [5.41, 5.74) is 6.28. The van der Waals surface area contributed by atoms with E-state index < -0.39 is 0 Å². The summed E-state index contributed by atoms with van der Waals surface area (Å²) in [5.74, 6) is 1.94. The Morgan fingerprint density at radius 2 is 1.03 bits per heavy atom. The van der Waals surface area contributed by atoms with Gasteiger partial charge in [0, 0.05) is 37.6 Å². The second-order valence-corrected chi connectivity index (χ2v) is 10.0. The fourth-order valence-electron chi connectivity index (χ4n) is 4.95. The summed E-state index contributed by atoms with van der Waals surface area (Å²) in [7, 11) is 0. The van der Waals surface area contributed by atoms with E-state index >= 15 is 0 Å². The molecule has 0 saturated carbocycles. The molecule has 4 nitrogen and oxygen atoms in total. The van der Waals surface area contributed by atoms with Crippen molar-refractivity contribution in [2.24, 2.45) is 0 Å². The zero-order chi connectivity index (χ0) is 25.5. The van der Waals surface area contributed by atoms with Gasteiger partial charge in [-0.15, -0.1) is 0 Å². The number of fused-ring (bicyclic) bond motifs is 3. The van der Waals surface area contributed by atoms with Gasteiger partial charge in [-0.3, -0.25) is 0 Å². The van der Waals surface area contributed by atoms with Crippen molar-refractivity contribution < 1.29 is 0 Å². The van der Waals surface area contributed by atoms with Crippen molar-refractivity contribution in [1.82, 2.24) is 19.5 Å². The molecular formula is C33H21BrN4. The van der Waals surface area contributed by atoms with Gasteiger partial charge in [-0.05, 0) is 48.5 Å². The van der Waals surface area contributed by atoms with Crippen LogP contribution in [0, 0.1) is 0 Å². The molecular weight excluding hydrogens is 532 g/mol. The molecule has 5 aromatic carbocycles. The molecule has 2 aromatic heterocycles. The molecule has 0 aliphatic rings. The lowest BCUT2D eigenvalue weighted by Crippen LogP contribution is -2.00. The van der Waals surface area contributed by atoms with Gasteiger partial charge in [0.25, 0.3) is 0 Å². The van der Waals surface area contributed by atoms with Crippen molar-refractivity contribution in [3.8, 4) is 39.9 Å². The van der Waals surface area contributed by atoms with Crippen LogP contribution in [0.4, 0.5) is 0 Å². The minimum Gasteiger partial charge on any atom is -0.309 e. The van der Waals surface area contributed by atoms with Crippen LogP contribution in [0.3, 0.4) is 0 Å². The first-order valence-corrected chi connectivity index (χ1v) is 13.2. The van der Waals surface area contributed by atoms with E-state index in [1.54, 1.807) is 0 Å². The molecule has 0 N–H and O–H groups in total. The van der Waals surface area contributed by atoms with Gasteiger partial charge in [0.15, 0.2) is 17.5 Å². The maximum absolute atomic E-state index is 4.94. The van der Waals surface area contributed by atoms with E-state index in [0.29, 0.717) is 17.5 Å². The number of para-hydroxylation sites is 2. The third kappa shape index (κ3) is 3.98. The predicted molar refractivity (Wildman–Crippen MR) is 158 cm³/mol. The summed E-state index contributed by atoms with van der Waals surface area (Å²) in [6.07, 6.45) is 0. The molecule has 7 rings (SSSR count). The molecule has 0 unspecified atom stereocenters. The molecule has 0 amide bonds. The Hall–Kier alpha value is -4.61. The van der Waals surface area contributed by atoms with Crippen LogP contribution >= 0.6 is 15.9 Å². The Bertz CT molecular complexity index is 1930. The Balaban J connectivity index is 1.46. The van der Waals surface area contributed by atoms with Crippen LogP contribution in [-0.2, 0) is 0 Å². The van der Waals surface area contributed by atoms with Crippen LogP contribution in [-0.4, -0.2) is 19.5 Å². The zero-order valence-corrected chi connectivity index (χ0v) is 21.9. The van der Waals surface area contributed by atoms with Gasteiger partial charge in [0.2, 0.25) is 0 Å². The molecule has 2 heterocycles. The molecule has 5 heteroatoms. The van der Waals surface area contributed by atoms with E-state index in [2.05, 4.69) is 87.2 Å². The highest BCUT2D eigenvalue weighted by molar-refractivity contribution is 9.10. The van der Waals surface area contributed by atoms with E-state index in [0.717, 1.165) is 37.8 Å². The van der Waals surface area contributed by atoms with Crippen LogP contribution in [0.25, 0.3) is 61.7 Å². The molecule has 0 aliphatic heterocycles. The first-order chi connectivity index (χ1) is 18.7. The van der Waals surface area contributed by atoms with E-state index in [-0.39, 0.29) is 0 Å². The van der Waals surface area contributed by atoms with Crippen molar-refractivity contribution in [2.45, 2.75) is 0 Å². The second kappa shape index (κ2) is 9.36. The molecule has 0 aliphatic carbocycles. The Labute approximate surface area is 228 Å². The second-order valence-electron chi connectivity index (χ2n) is 9.10. The summed E-state index contributed by atoms with van der Waals surface area (Å²) >= 11 is 3.58. The largest absolute Gasteiger partial charge is 0.309 e. The Morgan fingerprint density at radius 1 is 0.447 bits per heavy atom. The molecule has 0 radical (unpaired) electrons. The lowest BCUT2D eigenvalue weighted by molar-refractivity contribution is 1.07. The lowest BCUT2D eigenvalue weighted by Gasteiger charge is -2.10. The van der Waals surface area contributed by atoms with Crippen LogP contribution in [0.2, 0.25) is 0 Å². The van der Waals surface area contributed by atoms with Crippen molar-refractivity contribution >= 4 is 37.7 Å². The zero-order valence-electron chi connectivity index (χ0n) is 20.3. The Kier molecular flexibility index (Phi) is 5.56. The monoisotopic (exact) mass is 552 g/mol. The number of rotatable bonds is 4. The minimum atomic E-state index is 0.641. The molecule has 0 saturated heterocycles. The molecule has 180 valence electrons. The molecule has 0 fully saturated rings. The third-order valence-electron chi connectivity index (χ3n) is 6.70. The van der Waals surface area contributed by atoms with E-state index in [1.807, 2.05) is 60.7 Å². The maximum Gasteiger partial charge on any atom is 0.164 e. The van der Waals surface area contributed by atoms with E-state index in [4.69, 9.17) is 15.0 Å². The molecule has 38 heavy (non-hydrogen) atoms. The summed E-state index contributed by atoms with van der Waals surface area (Å²) < 4.78 is 3.29. The maximum atomic E-state index is 4.94. The van der Waals surface area contributed by atoms with Gasteiger partial charge < -0.3 is 4.57 Å². The normalized spacial score (nSPS) is 11.3. The summed E-state index contributed by atoms with van der Waals surface area (Å²) in [5, 5.41) is 2.35. The van der Waals surface area contributed by atoms with Crippen LogP contribution in [0.5, 0.6) is 0 Å². The average Bonchev–Trinajstić information content (AvgIpc) is 3.31. The predicted octanol–water partition coefficient (Wildman–Crippen LogP) is 8.73. The minimum absolute atomic E-state index is 0.641. The van der Waals surface area contributed by atoms with Crippen LogP contribution < -0.4 is 0 Å². The highest BCUT2D eigenvalue weighted by Crippen LogP contribution is 2.35. The molecule has 7 aromatic rings. The van der Waals surface area contributed by atoms with Crippen LogP contribution in [0.1, 0.15) is 0 Å². The van der Waals surface area contributed by atoms with Gasteiger partial charge in [-0.2, -0.15) is 0 Å². The van der Waals surface area contributed by atoms with Gasteiger partial charge in [0.1, 0.15) is 0 Å². The molecule has 0 atom stereocenters. The highest BCUT2D eigenvalue weighted by atomic mass is 79.9. The number of halogens is 1. The number of aromatic nitrogens is 4. The van der Waals surface area contributed by atoms with Gasteiger partial charge in [-0.1, -0.05) is 94.8 Å². The lowest BCUT2D eigenvalue weighted by atomic mass is 10.1. The number of benzene rings is 5. The SMILES string of the molecule is Brc1cccc(-c2nc(-c3ccccc3)nc(-c3ccc4c(c3)c3ccccc3n4-c3ccccc3)n2)c1. The van der Waals surface area contributed by atoms with Crippen molar-refractivity contribution in [2.75, 3.05) is 0 Å². The van der Waals surface area contributed by atoms with Gasteiger partial charge >= 0.3 is 0 Å². The number of hydrogen-bond acceptors (Lipinski definition) is 3. The average molecular weight is 553 g/mol. The fourth-order valence-corrected chi connectivity index (χ4v) is 5.34. The first kappa shape index (κ1) is 22.6. The van der Waals surface area contributed by atoms with Gasteiger partial charge in [0.05, 0.1) is 11.0 Å². The Morgan fingerprint density at radius 3 is 1.76 bits per heavy atom.